The molecule has 0 spiro atoms. The molecular formula is C22H26FN5O4. The van der Waals surface area contributed by atoms with Gasteiger partial charge in [0.1, 0.15) is 24.3 Å². The van der Waals surface area contributed by atoms with Crippen LogP contribution >= 0.6 is 0 Å². The summed E-state index contributed by atoms with van der Waals surface area (Å²) in [6, 6.07) is 6.53. The molecule has 1 atom stereocenters. The standard InChI is InChI=1S/C22H26FN5O4/c23-16-3-6-20(25-12-16)26-17-4-5-18(24-13-17)19-14-28(9-11-32-19)22(30)15-31-10-8-27-7-1-2-21(27)29/h3-6,12-13,19H,1-2,7-11,14-15H2,(H,25,26)/t19-/m1/s1. The molecule has 4 heterocycles. The van der Waals surface area contributed by atoms with E-state index in [2.05, 4.69) is 15.3 Å². The predicted molar refractivity (Wildman–Crippen MR) is 114 cm³/mol. The quantitative estimate of drug-likeness (QED) is 0.623. The third-order valence-corrected chi connectivity index (χ3v) is 5.44. The van der Waals surface area contributed by atoms with Crippen molar-refractivity contribution in [3.63, 3.8) is 0 Å². The molecule has 0 radical (unpaired) electrons. The fourth-order valence-corrected chi connectivity index (χ4v) is 3.69. The van der Waals surface area contributed by atoms with E-state index in [1.165, 1.54) is 6.07 Å². The van der Waals surface area contributed by atoms with E-state index in [1.807, 2.05) is 12.1 Å². The Kier molecular flexibility index (Phi) is 7.23. The van der Waals surface area contributed by atoms with Gasteiger partial charge in [-0.25, -0.2) is 9.37 Å². The lowest BCUT2D eigenvalue weighted by atomic mass is 10.2. The number of likely N-dealkylation sites (tertiary alicyclic amines) is 1. The van der Waals surface area contributed by atoms with Crippen molar-refractivity contribution in [3.05, 3.63) is 48.2 Å². The van der Waals surface area contributed by atoms with Gasteiger partial charge in [-0.15, -0.1) is 0 Å². The van der Waals surface area contributed by atoms with Crippen LogP contribution in [0.5, 0.6) is 0 Å². The number of hydrogen-bond acceptors (Lipinski definition) is 7. The molecule has 0 bridgehead atoms. The van der Waals surface area contributed by atoms with Crippen LogP contribution in [0.2, 0.25) is 0 Å². The zero-order valence-corrected chi connectivity index (χ0v) is 17.7. The molecule has 0 saturated carbocycles. The molecule has 0 aromatic carbocycles. The molecule has 2 aromatic heterocycles. The van der Waals surface area contributed by atoms with Gasteiger partial charge in [0.15, 0.2) is 0 Å². The normalized spacial score (nSPS) is 18.8. The van der Waals surface area contributed by atoms with Crippen molar-refractivity contribution >= 4 is 23.3 Å². The summed E-state index contributed by atoms with van der Waals surface area (Å²) < 4.78 is 24.3. The molecule has 2 aromatic rings. The van der Waals surface area contributed by atoms with E-state index in [-0.39, 0.29) is 24.5 Å². The Morgan fingerprint density at radius 1 is 1.22 bits per heavy atom. The average molecular weight is 443 g/mol. The SMILES string of the molecule is O=C1CCCN1CCOCC(=O)N1CCO[C@@H](c2ccc(Nc3ccc(F)cn3)cn2)C1. The zero-order chi connectivity index (χ0) is 22.3. The number of carbonyl (C=O) groups excluding carboxylic acids is 2. The molecule has 2 fully saturated rings. The number of pyridine rings is 2. The fourth-order valence-electron chi connectivity index (χ4n) is 3.69. The minimum absolute atomic E-state index is 0.0181. The zero-order valence-electron chi connectivity index (χ0n) is 17.7. The highest BCUT2D eigenvalue weighted by Crippen LogP contribution is 2.22. The molecule has 170 valence electrons. The molecule has 0 aliphatic carbocycles. The Balaban J connectivity index is 1.24. The number of aromatic nitrogens is 2. The van der Waals surface area contributed by atoms with Gasteiger partial charge < -0.3 is 24.6 Å². The molecule has 1 N–H and O–H groups in total. The van der Waals surface area contributed by atoms with E-state index in [0.717, 1.165) is 19.2 Å². The van der Waals surface area contributed by atoms with E-state index < -0.39 is 5.82 Å². The third kappa shape index (κ3) is 5.77. The second kappa shape index (κ2) is 10.5. The second-order valence-corrected chi connectivity index (χ2v) is 7.69. The van der Waals surface area contributed by atoms with Gasteiger partial charge in [-0.1, -0.05) is 0 Å². The third-order valence-electron chi connectivity index (χ3n) is 5.44. The van der Waals surface area contributed by atoms with Crippen molar-refractivity contribution in [2.45, 2.75) is 18.9 Å². The summed E-state index contributed by atoms with van der Waals surface area (Å²) in [6.07, 6.45) is 3.95. The molecule has 2 aliphatic rings. The van der Waals surface area contributed by atoms with Crippen molar-refractivity contribution in [2.75, 3.05) is 51.3 Å². The van der Waals surface area contributed by atoms with Gasteiger partial charge in [0.2, 0.25) is 11.8 Å². The molecular weight excluding hydrogens is 417 g/mol. The summed E-state index contributed by atoms with van der Waals surface area (Å²) >= 11 is 0. The predicted octanol–water partition coefficient (Wildman–Crippen LogP) is 1.90. The van der Waals surface area contributed by atoms with Crippen LogP contribution in [-0.4, -0.2) is 77.6 Å². The number of nitrogens with zero attached hydrogens (tertiary/aromatic N) is 4. The Labute approximate surface area is 185 Å². The Morgan fingerprint density at radius 2 is 2.12 bits per heavy atom. The monoisotopic (exact) mass is 443 g/mol. The molecule has 2 saturated heterocycles. The number of morpholine rings is 1. The highest BCUT2D eigenvalue weighted by molar-refractivity contribution is 5.78. The summed E-state index contributed by atoms with van der Waals surface area (Å²) in [5.41, 5.74) is 1.43. The van der Waals surface area contributed by atoms with E-state index in [9.17, 15) is 14.0 Å². The fraction of sp³-hybridized carbons (Fsp3) is 0.455. The van der Waals surface area contributed by atoms with Crippen molar-refractivity contribution in [1.82, 2.24) is 19.8 Å². The minimum atomic E-state index is -0.398. The van der Waals surface area contributed by atoms with Crippen LogP contribution in [0, 0.1) is 5.82 Å². The molecule has 0 unspecified atom stereocenters. The van der Waals surface area contributed by atoms with Gasteiger partial charge in [0, 0.05) is 26.1 Å². The van der Waals surface area contributed by atoms with Crippen molar-refractivity contribution < 1.29 is 23.5 Å². The van der Waals surface area contributed by atoms with Crippen LogP contribution in [0.15, 0.2) is 36.7 Å². The van der Waals surface area contributed by atoms with Crippen molar-refractivity contribution in [1.29, 1.82) is 0 Å². The Bertz CT molecular complexity index is 925. The number of halogens is 1. The number of carbonyl (C=O) groups is 2. The first-order valence-corrected chi connectivity index (χ1v) is 10.7. The maximum absolute atomic E-state index is 13.0. The molecule has 10 heteroatoms. The number of ether oxygens (including phenoxy) is 2. The highest BCUT2D eigenvalue weighted by Gasteiger charge is 2.26. The smallest absolute Gasteiger partial charge is 0.248 e. The van der Waals surface area contributed by atoms with E-state index in [1.54, 1.807) is 22.1 Å². The van der Waals surface area contributed by atoms with Crippen molar-refractivity contribution in [2.24, 2.45) is 0 Å². The highest BCUT2D eigenvalue weighted by atomic mass is 19.1. The number of nitrogens with one attached hydrogen (secondary N) is 1. The lowest BCUT2D eigenvalue weighted by Gasteiger charge is -2.32. The first kappa shape index (κ1) is 22.1. The van der Waals surface area contributed by atoms with Crippen LogP contribution in [0.3, 0.4) is 0 Å². The summed E-state index contributed by atoms with van der Waals surface area (Å²) in [5, 5.41) is 3.05. The molecule has 2 amide bonds. The Hall–Kier alpha value is -3.11. The lowest BCUT2D eigenvalue weighted by molar-refractivity contribution is -0.144. The first-order chi connectivity index (χ1) is 15.6. The van der Waals surface area contributed by atoms with Gasteiger partial charge in [0.05, 0.1) is 43.5 Å². The molecule has 4 rings (SSSR count). The van der Waals surface area contributed by atoms with Crippen LogP contribution in [0.25, 0.3) is 0 Å². The summed E-state index contributed by atoms with van der Waals surface area (Å²) in [5.74, 6) is 0.163. The van der Waals surface area contributed by atoms with Crippen LogP contribution in [0.1, 0.15) is 24.6 Å². The lowest BCUT2D eigenvalue weighted by Crippen LogP contribution is -2.44. The topological polar surface area (TPSA) is 96.9 Å². The maximum Gasteiger partial charge on any atom is 0.248 e. The summed E-state index contributed by atoms with van der Waals surface area (Å²) in [7, 11) is 0. The number of hydrogen-bond donors (Lipinski definition) is 1. The van der Waals surface area contributed by atoms with Crippen LogP contribution < -0.4 is 5.32 Å². The number of rotatable bonds is 8. The maximum atomic E-state index is 13.0. The van der Waals surface area contributed by atoms with Gasteiger partial charge in [-0.2, -0.15) is 0 Å². The van der Waals surface area contributed by atoms with Gasteiger partial charge >= 0.3 is 0 Å². The summed E-state index contributed by atoms with van der Waals surface area (Å²) in [6.45, 7) is 2.93. The van der Waals surface area contributed by atoms with Gasteiger partial charge in [-0.05, 0) is 30.7 Å². The second-order valence-electron chi connectivity index (χ2n) is 7.69. The largest absolute Gasteiger partial charge is 0.370 e. The van der Waals surface area contributed by atoms with E-state index in [0.29, 0.717) is 56.5 Å². The Morgan fingerprint density at radius 3 is 2.84 bits per heavy atom. The molecule has 32 heavy (non-hydrogen) atoms. The van der Waals surface area contributed by atoms with Crippen LogP contribution in [0.4, 0.5) is 15.9 Å². The first-order valence-electron chi connectivity index (χ1n) is 10.7. The summed E-state index contributed by atoms with van der Waals surface area (Å²) in [4.78, 5) is 36.0. The number of anilines is 2. The van der Waals surface area contributed by atoms with E-state index >= 15 is 0 Å². The van der Waals surface area contributed by atoms with Crippen LogP contribution in [-0.2, 0) is 19.1 Å². The average Bonchev–Trinajstić information content (AvgIpc) is 3.23. The molecule has 9 nitrogen and oxygen atoms in total. The van der Waals surface area contributed by atoms with Gasteiger partial charge in [0.25, 0.3) is 0 Å². The van der Waals surface area contributed by atoms with E-state index in [4.69, 9.17) is 9.47 Å². The minimum Gasteiger partial charge on any atom is -0.370 e. The number of amides is 2. The molecule has 2 aliphatic heterocycles. The van der Waals surface area contributed by atoms with Gasteiger partial charge in [-0.3, -0.25) is 14.6 Å². The van der Waals surface area contributed by atoms with Crippen molar-refractivity contribution in [3.8, 4) is 0 Å².